The number of nitrogens with one attached hydrogen (secondary N) is 1. The Kier molecular flexibility index (Phi) is 5.79. The van der Waals surface area contributed by atoms with Gasteiger partial charge >= 0.3 is 0 Å². The third-order valence-corrected chi connectivity index (χ3v) is 5.87. The zero-order chi connectivity index (χ0) is 20.2. The Bertz CT molecular complexity index is 968. The summed E-state index contributed by atoms with van der Waals surface area (Å²) in [7, 11) is 0. The van der Waals surface area contributed by atoms with Gasteiger partial charge in [-0.3, -0.25) is 9.78 Å². The van der Waals surface area contributed by atoms with E-state index in [4.69, 9.17) is 4.98 Å². The van der Waals surface area contributed by atoms with Crippen LogP contribution in [0.25, 0.3) is 11.0 Å². The fraction of sp³-hybridized carbons (Fsp3) is 0.435. The molecule has 3 heterocycles. The van der Waals surface area contributed by atoms with Gasteiger partial charge in [-0.15, -0.1) is 0 Å². The van der Waals surface area contributed by atoms with Crippen molar-refractivity contribution in [3.63, 3.8) is 0 Å². The zero-order valence-electron chi connectivity index (χ0n) is 17.2. The van der Waals surface area contributed by atoms with Crippen molar-refractivity contribution in [1.82, 2.24) is 19.9 Å². The van der Waals surface area contributed by atoms with E-state index in [0.717, 1.165) is 42.8 Å². The van der Waals surface area contributed by atoms with Crippen LogP contribution in [0.3, 0.4) is 0 Å². The second kappa shape index (κ2) is 8.64. The number of nitrogens with zero attached hydrogens (tertiary/aromatic N) is 4. The fourth-order valence-electron chi connectivity index (χ4n) is 4.08. The number of rotatable bonds is 6. The van der Waals surface area contributed by atoms with Crippen molar-refractivity contribution < 1.29 is 4.79 Å². The Morgan fingerprint density at radius 3 is 2.93 bits per heavy atom. The van der Waals surface area contributed by atoms with Gasteiger partial charge in [-0.25, -0.2) is 4.98 Å². The summed E-state index contributed by atoms with van der Waals surface area (Å²) in [4.78, 5) is 24.2. The molecule has 1 aliphatic heterocycles. The molecule has 29 heavy (non-hydrogen) atoms. The first kappa shape index (κ1) is 19.4. The molecule has 2 aromatic heterocycles. The van der Waals surface area contributed by atoms with Gasteiger partial charge in [0.25, 0.3) is 0 Å². The number of hydrogen-bond donors (Lipinski definition) is 1. The minimum Gasteiger partial charge on any atom is -0.352 e. The van der Waals surface area contributed by atoms with Crippen molar-refractivity contribution in [3.05, 3.63) is 54.4 Å². The predicted octanol–water partition coefficient (Wildman–Crippen LogP) is 3.94. The molecule has 1 amide bonds. The molecular weight excluding hydrogens is 362 g/mol. The van der Waals surface area contributed by atoms with Crippen LogP contribution in [-0.4, -0.2) is 33.5 Å². The lowest BCUT2D eigenvalue weighted by Gasteiger charge is -2.34. The normalized spacial score (nSPS) is 18.0. The molecule has 0 bridgehead atoms. The van der Waals surface area contributed by atoms with Gasteiger partial charge in [-0.05, 0) is 49.9 Å². The first-order valence-corrected chi connectivity index (χ1v) is 10.6. The fourth-order valence-corrected chi connectivity index (χ4v) is 4.08. The number of benzene rings is 1. The monoisotopic (exact) mass is 391 g/mol. The van der Waals surface area contributed by atoms with E-state index in [0.29, 0.717) is 19.1 Å². The molecule has 0 aliphatic carbocycles. The van der Waals surface area contributed by atoms with Crippen LogP contribution in [0.15, 0.2) is 48.8 Å². The van der Waals surface area contributed by atoms with Gasteiger partial charge in [-0.2, -0.15) is 0 Å². The third kappa shape index (κ3) is 4.11. The number of hydrogen-bond acceptors (Lipinski definition) is 4. The molecule has 1 aromatic carbocycles. The summed E-state index contributed by atoms with van der Waals surface area (Å²) in [5.74, 6) is 1.08. The van der Waals surface area contributed by atoms with Gasteiger partial charge in [0.15, 0.2) is 0 Å². The van der Waals surface area contributed by atoms with Crippen molar-refractivity contribution >= 4 is 22.9 Å². The summed E-state index contributed by atoms with van der Waals surface area (Å²) in [6, 6.07) is 12.5. The lowest BCUT2D eigenvalue weighted by molar-refractivity contribution is -0.125. The van der Waals surface area contributed by atoms with E-state index in [1.54, 1.807) is 12.4 Å². The molecule has 4 rings (SSSR count). The molecule has 1 aliphatic rings. The topological polar surface area (TPSA) is 63.1 Å². The van der Waals surface area contributed by atoms with Crippen molar-refractivity contribution in [2.75, 3.05) is 18.0 Å². The minimum atomic E-state index is -0.0226. The number of piperidine rings is 1. The van der Waals surface area contributed by atoms with Crippen LogP contribution in [0.2, 0.25) is 0 Å². The lowest BCUT2D eigenvalue weighted by atomic mass is 9.97. The average Bonchev–Trinajstić information content (AvgIpc) is 3.17. The lowest BCUT2D eigenvalue weighted by Crippen LogP contribution is -2.44. The van der Waals surface area contributed by atoms with E-state index in [1.807, 2.05) is 18.2 Å². The maximum absolute atomic E-state index is 12.8. The third-order valence-electron chi connectivity index (χ3n) is 5.87. The van der Waals surface area contributed by atoms with Gasteiger partial charge in [0.2, 0.25) is 11.9 Å². The number of aromatic nitrogens is 3. The highest BCUT2D eigenvalue weighted by Gasteiger charge is 2.29. The zero-order valence-corrected chi connectivity index (χ0v) is 17.2. The Morgan fingerprint density at radius 1 is 1.28 bits per heavy atom. The minimum absolute atomic E-state index is 0.0226. The van der Waals surface area contributed by atoms with E-state index in [9.17, 15) is 4.79 Å². The van der Waals surface area contributed by atoms with Gasteiger partial charge in [0, 0.05) is 38.1 Å². The smallest absolute Gasteiger partial charge is 0.225 e. The first-order chi connectivity index (χ1) is 14.2. The van der Waals surface area contributed by atoms with Gasteiger partial charge in [0.05, 0.1) is 17.0 Å². The van der Waals surface area contributed by atoms with E-state index < -0.39 is 0 Å². The number of anilines is 1. The van der Waals surface area contributed by atoms with Crippen LogP contribution in [0, 0.1) is 5.92 Å². The molecule has 3 aromatic rings. The summed E-state index contributed by atoms with van der Waals surface area (Å²) in [6.07, 6.45) is 6.49. The Morgan fingerprint density at radius 2 is 2.14 bits per heavy atom. The van der Waals surface area contributed by atoms with Gasteiger partial charge < -0.3 is 14.8 Å². The molecule has 1 fully saturated rings. The summed E-state index contributed by atoms with van der Waals surface area (Å²) in [5.41, 5.74) is 3.21. The highest BCUT2D eigenvalue weighted by Crippen LogP contribution is 2.31. The maximum atomic E-state index is 12.8. The quantitative estimate of drug-likeness (QED) is 0.691. The van der Waals surface area contributed by atoms with Crippen LogP contribution in [-0.2, 0) is 11.3 Å². The first-order valence-electron chi connectivity index (χ1n) is 10.6. The second-order valence-electron chi connectivity index (χ2n) is 7.89. The van der Waals surface area contributed by atoms with Crippen molar-refractivity contribution in [2.45, 2.75) is 45.7 Å². The summed E-state index contributed by atoms with van der Waals surface area (Å²) in [6.45, 7) is 6.60. The average molecular weight is 392 g/mol. The van der Waals surface area contributed by atoms with Crippen LogP contribution < -0.4 is 10.2 Å². The van der Waals surface area contributed by atoms with Crippen LogP contribution >= 0.6 is 0 Å². The Balaban J connectivity index is 1.52. The predicted molar refractivity (Wildman–Crippen MR) is 116 cm³/mol. The Labute approximate surface area is 172 Å². The molecule has 152 valence electrons. The number of pyridine rings is 1. The van der Waals surface area contributed by atoms with Crippen molar-refractivity contribution in [1.29, 1.82) is 0 Å². The molecule has 6 nitrogen and oxygen atoms in total. The van der Waals surface area contributed by atoms with Crippen LogP contribution in [0.4, 0.5) is 5.95 Å². The van der Waals surface area contributed by atoms with E-state index >= 15 is 0 Å². The van der Waals surface area contributed by atoms with Crippen molar-refractivity contribution in [2.24, 2.45) is 5.92 Å². The molecule has 1 saturated heterocycles. The molecule has 1 N–H and O–H groups in total. The second-order valence-corrected chi connectivity index (χ2v) is 7.89. The number of para-hydroxylation sites is 2. The molecule has 2 atom stereocenters. The van der Waals surface area contributed by atoms with E-state index in [-0.39, 0.29) is 11.8 Å². The van der Waals surface area contributed by atoms with Gasteiger partial charge in [-0.1, -0.05) is 25.1 Å². The van der Waals surface area contributed by atoms with E-state index in [2.05, 4.69) is 51.8 Å². The maximum Gasteiger partial charge on any atom is 0.225 e. The van der Waals surface area contributed by atoms with Gasteiger partial charge in [0.1, 0.15) is 0 Å². The number of fused-ring (bicyclic) bond motifs is 1. The number of imidazole rings is 1. The number of carbonyl (C=O) groups is 1. The molecule has 0 spiro atoms. The standard InChI is InChI=1S/C23H29N5O/c1-3-17(2)28-21-11-5-4-10-20(21)26-23(28)27-13-7-9-19(16-27)22(29)25-15-18-8-6-12-24-14-18/h4-6,8,10-12,14,17,19H,3,7,9,13,15-16H2,1-2H3,(H,25,29). The molecule has 6 heteroatoms. The number of carbonyl (C=O) groups excluding carboxylic acids is 1. The molecule has 2 unspecified atom stereocenters. The highest BCUT2D eigenvalue weighted by molar-refractivity contribution is 5.81. The summed E-state index contributed by atoms with van der Waals surface area (Å²) in [5, 5.41) is 3.08. The van der Waals surface area contributed by atoms with Crippen LogP contribution in [0.1, 0.15) is 44.7 Å². The summed E-state index contributed by atoms with van der Waals surface area (Å²) < 4.78 is 2.34. The number of amides is 1. The van der Waals surface area contributed by atoms with Crippen LogP contribution in [0.5, 0.6) is 0 Å². The molecule has 0 saturated carbocycles. The largest absolute Gasteiger partial charge is 0.352 e. The SMILES string of the molecule is CCC(C)n1c(N2CCCC(C(=O)NCc3cccnc3)C2)nc2ccccc21. The van der Waals surface area contributed by atoms with E-state index in [1.165, 1.54) is 5.52 Å². The molecular formula is C23H29N5O. The Hall–Kier alpha value is -2.89. The molecule has 0 radical (unpaired) electrons. The highest BCUT2D eigenvalue weighted by atomic mass is 16.1. The van der Waals surface area contributed by atoms with Crippen molar-refractivity contribution in [3.8, 4) is 0 Å². The summed E-state index contributed by atoms with van der Waals surface area (Å²) >= 11 is 0.